The second kappa shape index (κ2) is 35.7. The van der Waals surface area contributed by atoms with Crippen LogP contribution in [0.2, 0.25) is 0 Å². The third-order valence-corrected chi connectivity index (χ3v) is 12.0. The highest BCUT2D eigenvalue weighted by molar-refractivity contribution is 5.93. The largest absolute Gasteiger partial charge is 0.449 e. The maximum absolute atomic E-state index is 14.0. The highest BCUT2D eigenvalue weighted by Gasteiger charge is 2.53. The van der Waals surface area contributed by atoms with Crippen LogP contribution < -0.4 is 5.73 Å². The Bertz CT molecular complexity index is 1240. The van der Waals surface area contributed by atoms with Crippen molar-refractivity contribution >= 4 is 18.1 Å². The Labute approximate surface area is 369 Å². The summed E-state index contributed by atoms with van der Waals surface area (Å²) >= 11 is 0. The van der Waals surface area contributed by atoms with Crippen molar-refractivity contribution in [3.05, 3.63) is 35.9 Å². The standard InChI is InChI=1S/C49H87N3O9/c1-3-5-7-9-11-13-15-17-18-19-20-22-24-26-28-33-37-59-48(57)51(36-32-27-25-23-21-16-14-12-10-8-6-4-2)47-44(46(56)45(55)42(39-53)61-47)52(43(54)38-50)49(58)60-40-41-34-30-29-31-35-41/h29-31,34-35,42,44-47,53,55-56H,3-28,32-33,36-40,50H2,1-2H3/t42-,44-,45-,46-,47-/m1/s1. The molecule has 61 heavy (non-hydrogen) atoms. The third kappa shape index (κ3) is 22.9. The van der Waals surface area contributed by atoms with Crippen molar-refractivity contribution < 1.29 is 43.9 Å². The fraction of sp³-hybridized carbons (Fsp3) is 0.816. The molecule has 12 nitrogen and oxygen atoms in total. The summed E-state index contributed by atoms with van der Waals surface area (Å²) in [5.41, 5.74) is 6.44. The molecule has 5 atom stereocenters. The molecule has 1 saturated heterocycles. The fourth-order valence-electron chi connectivity index (χ4n) is 8.23. The molecule has 352 valence electrons. The van der Waals surface area contributed by atoms with Crippen molar-refractivity contribution in [2.75, 3.05) is 26.3 Å². The number of unbranched alkanes of at least 4 members (excludes halogenated alkanes) is 26. The van der Waals surface area contributed by atoms with Gasteiger partial charge in [0.15, 0.2) is 6.23 Å². The van der Waals surface area contributed by atoms with E-state index in [0.717, 1.165) is 44.9 Å². The highest BCUT2D eigenvalue weighted by Crippen LogP contribution is 2.30. The van der Waals surface area contributed by atoms with E-state index < -0.39 is 61.8 Å². The van der Waals surface area contributed by atoms with Gasteiger partial charge in [-0.25, -0.2) is 14.5 Å². The molecule has 12 heteroatoms. The number of hydrogen-bond donors (Lipinski definition) is 4. The smallest absolute Gasteiger partial charge is 0.417 e. The van der Waals surface area contributed by atoms with E-state index in [-0.39, 0.29) is 19.8 Å². The van der Waals surface area contributed by atoms with Gasteiger partial charge in [-0.2, -0.15) is 0 Å². The number of benzene rings is 1. The Morgan fingerprint density at radius 3 is 1.49 bits per heavy atom. The Morgan fingerprint density at radius 1 is 0.607 bits per heavy atom. The van der Waals surface area contributed by atoms with Crippen LogP contribution in [0.15, 0.2) is 30.3 Å². The first-order chi connectivity index (χ1) is 29.8. The van der Waals surface area contributed by atoms with Crippen LogP contribution in [0.1, 0.15) is 199 Å². The van der Waals surface area contributed by atoms with E-state index in [0.29, 0.717) is 23.3 Å². The van der Waals surface area contributed by atoms with Crippen molar-refractivity contribution in [3.8, 4) is 0 Å². The summed E-state index contributed by atoms with van der Waals surface area (Å²) in [5, 5.41) is 32.7. The number of aliphatic hydroxyl groups excluding tert-OH is 3. The first-order valence-corrected chi connectivity index (χ1v) is 24.6. The zero-order chi connectivity index (χ0) is 44.3. The number of hydrogen-bond acceptors (Lipinski definition) is 10. The number of nitrogens with two attached hydrogens (primary N) is 1. The van der Waals surface area contributed by atoms with Gasteiger partial charge in [-0.1, -0.05) is 211 Å². The van der Waals surface area contributed by atoms with Crippen LogP contribution in [0.3, 0.4) is 0 Å². The molecule has 1 aliphatic heterocycles. The average Bonchev–Trinajstić information content (AvgIpc) is 3.27. The van der Waals surface area contributed by atoms with Crippen LogP contribution >= 0.6 is 0 Å². The molecule has 1 fully saturated rings. The maximum atomic E-state index is 14.0. The Kier molecular flexibility index (Phi) is 31.8. The van der Waals surface area contributed by atoms with Crippen molar-refractivity contribution in [2.24, 2.45) is 5.73 Å². The molecule has 1 aliphatic rings. The minimum atomic E-state index is -1.80. The lowest BCUT2D eigenvalue weighted by atomic mass is 9.94. The molecule has 0 radical (unpaired) electrons. The van der Waals surface area contributed by atoms with Gasteiger partial charge in [0.25, 0.3) is 0 Å². The van der Waals surface area contributed by atoms with E-state index in [1.54, 1.807) is 24.3 Å². The Balaban J connectivity index is 2.02. The minimum absolute atomic E-state index is 0.140. The summed E-state index contributed by atoms with van der Waals surface area (Å²) in [4.78, 5) is 43.0. The zero-order valence-electron chi connectivity index (χ0n) is 38.4. The number of carbonyl (C=O) groups excluding carboxylic acids is 3. The molecule has 0 bridgehead atoms. The van der Waals surface area contributed by atoms with Gasteiger partial charge in [-0.15, -0.1) is 0 Å². The van der Waals surface area contributed by atoms with E-state index in [1.165, 1.54) is 127 Å². The quantitative estimate of drug-likeness (QED) is 0.0476. The molecule has 0 aromatic heterocycles. The maximum Gasteiger partial charge on any atom is 0.417 e. The summed E-state index contributed by atoms with van der Waals surface area (Å²) < 4.78 is 17.4. The number of aliphatic hydroxyl groups is 3. The second-order valence-corrected chi connectivity index (χ2v) is 17.2. The summed E-state index contributed by atoms with van der Waals surface area (Å²) in [6.07, 6.45) is 25.1. The molecule has 1 aromatic carbocycles. The number of amides is 3. The molecule has 0 saturated carbocycles. The van der Waals surface area contributed by atoms with Crippen LogP contribution in [0.4, 0.5) is 9.59 Å². The zero-order valence-corrected chi connectivity index (χ0v) is 38.4. The van der Waals surface area contributed by atoms with E-state index >= 15 is 0 Å². The van der Waals surface area contributed by atoms with E-state index in [9.17, 15) is 29.7 Å². The molecule has 0 aliphatic carbocycles. The average molecular weight is 862 g/mol. The van der Waals surface area contributed by atoms with Gasteiger partial charge < -0.3 is 35.3 Å². The van der Waals surface area contributed by atoms with Crippen molar-refractivity contribution in [2.45, 2.75) is 231 Å². The summed E-state index contributed by atoms with van der Waals surface area (Å²) in [5.74, 6) is -0.891. The first kappa shape index (κ1) is 54.4. The molecule has 0 spiro atoms. The van der Waals surface area contributed by atoms with Crippen molar-refractivity contribution in [1.82, 2.24) is 9.80 Å². The Morgan fingerprint density at radius 2 is 1.05 bits per heavy atom. The number of imide groups is 1. The van der Waals surface area contributed by atoms with Gasteiger partial charge in [0, 0.05) is 6.54 Å². The van der Waals surface area contributed by atoms with Crippen LogP contribution in [0.25, 0.3) is 0 Å². The molecule has 1 aromatic rings. The van der Waals surface area contributed by atoms with Crippen molar-refractivity contribution in [1.29, 1.82) is 0 Å². The number of nitrogens with zero attached hydrogens (tertiary/aromatic N) is 2. The molecule has 2 rings (SSSR count). The number of rotatable bonds is 36. The van der Waals surface area contributed by atoms with Crippen LogP contribution in [0, 0.1) is 0 Å². The predicted octanol–water partition coefficient (Wildman–Crippen LogP) is 10.3. The first-order valence-electron chi connectivity index (χ1n) is 24.6. The lowest BCUT2D eigenvalue weighted by molar-refractivity contribution is -0.240. The van der Waals surface area contributed by atoms with Gasteiger partial charge in [0.05, 0.1) is 19.8 Å². The lowest BCUT2D eigenvalue weighted by Crippen LogP contribution is -2.70. The summed E-state index contributed by atoms with van der Waals surface area (Å²) in [6.45, 7) is 3.34. The van der Waals surface area contributed by atoms with Crippen LogP contribution in [0.5, 0.6) is 0 Å². The van der Waals surface area contributed by atoms with Gasteiger partial charge in [-0.05, 0) is 18.4 Å². The molecule has 1 heterocycles. The molecular weight excluding hydrogens is 775 g/mol. The number of ether oxygens (including phenoxy) is 3. The Hall–Kier alpha value is -2.77. The number of carbonyl (C=O) groups is 3. The van der Waals surface area contributed by atoms with E-state index in [4.69, 9.17) is 19.9 Å². The topological polar surface area (TPSA) is 172 Å². The van der Waals surface area contributed by atoms with Crippen molar-refractivity contribution in [3.63, 3.8) is 0 Å². The van der Waals surface area contributed by atoms with E-state index in [2.05, 4.69) is 13.8 Å². The molecule has 0 unspecified atom stereocenters. The SMILES string of the molecule is CCCCCCCCCCCCCCCCCCOC(=O)N(CCCCCCCCCCCCCC)[C@@H]1O[C@H](CO)[C@@H](O)[C@H](O)[C@H]1N(C(=O)CN)C(=O)OCc1ccccc1. The second-order valence-electron chi connectivity index (χ2n) is 17.2. The normalized spacial score (nSPS) is 18.8. The minimum Gasteiger partial charge on any atom is -0.449 e. The summed E-state index contributed by atoms with van der Waals surface area (Å²) in [6, 6.07) is 7.30. The van der Waals surface area contributed by atoms with Gasteiger partial charge in [-0.3, -0.25) is 9.69 Å². The lowest BCUT2D eigenvalue weighted by Gasteiger charge is -2.48. The molecule has 5 N–H and O–H groups in total. The van der Waals surface area contributed by atoms with Crippen LogP contribution in [-0.2, 0) is 25.6 Å². The monoisotopic (exact) mass is 862 g/mol. The van der Waals surface area contributed by atoms with Gasteiger partial charge in [0.1, 0.15) is 31.0 Å². The fourth-order valence-corrected chi connectivity index (χ4v) is 8.23. The van der Waals surface area contributed by atoms with Gasteiger partial charge in [0.2, 0.25) is 5.91 Å². The third-order valence-electron chi connectivity index (χ3n) is 12.0. The van der Waals surface area contributed by atoms with E-state index in [1.807, 2.05) is 6.07 Å². The van der Waals surface area contributed by atoms with Gasteiger partial charge >= 0.3 is 12.2 Å². The summed E-state index contributed by atoms with van der Waals surface area (Å²) in [7, 11) is 0. The van der Waals surface area contributed by atoms with Crippen LogP contribution in [-0.4, -0.2) is 100 Å². The predicted molar refractivity (Wildman–Crippen MR) is 243 cm³/mol. The molecular formula is C49H87N3O9. The highest BCUT2D eigenvalue weighted by atomic mass is 16.6. The molecule has 3 amide bonds.